The molecule has 0 aromatic heterocycles. The number of aryl methyl sites for hydroxylation is 1. The number of carbonyl (C=O) groups is 1. The van der Waals surface area contributed by atoms with Gasteiger partial charge >= 0.3 is 0 Å². The second kappa shape index (κ2) is 7.78. The van der Waals surface area contributed by atoms with Gasteiger partial charge in [-0.3, -0.25) is 9.10 Å². The number of rotatable bonds is 5. The van der Waals surface area contributed by atoms with E-state index in [4.69, 9.17) is 16.3 Å². The summed E-state index contributed by atoms with van der Waals surface area (Å²) in [6, 6.07) is 12.6. The second-order valence-electron chi connectivity index (χ2n) is 6.54. The predicted octanol–water partition coefficient (Wildman–Crippen LogP) is 2.53. The first-order valence-electron chi connectivity index (χ1n) is 8.51. The lowest BCUT2D eigenvalue weighted by molar-refractivity contribution is -0.127. The molecule has 0 bridgehead atoms. The largest absolute Gasteiger partial charge is 0.476 e. The number of hydrogen-bond acceptors (Lipinski definition) is 4. The number of ether oxygens (including phenoxy) is 1. The molecule has 0 spiro atoms. The van der Waals surface area contributed by atoms with Crippen LogP contribution in [0.25, 0.3) is 0 Å². The van der Waals surface area contributed by atoms with Crippen LogP contribution >= 0.6 is 11.6 Å². The maximum atomic E-state index is 12.5. The minimum absolute atomic E-state index is 0.0539. The summed E-state index contributed by atoms with van der Waals surface area (Å²) >= 11 is 5.86. The van der Waals surface area contributed by atoms with Crippen LogP contribution in [-0.4, -0.2) is 39.8 Å². The van der Waals surface area contributed by atoms with Gasteiger partial charge in [-0.15, -0.1) is 0 Å². The maximum Gasteiger partial charge on any atom is 0.263 e. The lowest BCUT2D eigenvalue weighted by Crippen LogP contribution is -2.50. The summed E-state index contributed by atoms with van der Waals surface area (Å²) < 4.78 is 31.3. The van der Waals surface area contributed by atoms with Crippen LogP contribution in [0.4, 0.5) is 5.69 Å². The summed E-state index contributed by atoms with van der Waals surface area (Å²) in [4.78, 5) is 12.5. The lowest BCUT2D eigenvalue weighted by atomic mass is 10.1. The van der Waals surface area contributed by atoms with Crippen molar-refractivity contribution in [1.82, 2.24) is 5.32 Å². The summed E-state index contributed by atoms with van der Waals surface area (Å²) in [5.41, 5.74) is 2.42. The fraction of sp³-hybridized carbons (Fsp3) is 0.316. The Bertz CT molecular complexity index is 945. The second-order valence-corrected chi connectivity index (χ2v) is 8.88. The number of sulfonamides is 1. The van der Waals surface area contributed by atoms with Gasteiger partial charge in [0.05, 0.1) is 18.5 Å². The van der Waals surface area contributed by atoms with Gasteiger partial charge in [0.2, 0.25) is 10.0 Å². The van der Waals surface area contributed by atoms with Gasteiger partial charge in [-0.25, -0.2) is 8.42 Å². The van der Waals surface area contributed by atoms with Gasteiger partial charge in [-0.05, 0) is 48.7 Å². The normalized spacial score (nSPS) is 16.4. The molecular weight excluding hydrogens is 388 g/mol. The van der Waals surface area contributed by atoms with Crippen LogP contribution in [-0.2, 0) is 21.2 Å². The minimum Gasteiger partial charge on any atom is -0.476 e. The first kappa shape index (κ1) is 19.5. The van der Waals surface area contributed by atoms with Crippen molar-refractivity contribution in [3.63, 3.8) is 0 Å². The summed E-state index contributed by atoms with van der Waals surface area (Å²) in [6.07, 6.45) is 0.859. The molecule has 144 valence electrons. The highest BCUT2D eigenvalue weighted by molar-refractivity contribution is 7.92. The van der Waals surface area contributed by atoms with E-state index >= 15 is 0 Å². The van der Waals surface area contributed by atoms with Crippen molar-refractivity contribution in [2.75, 3.05) is 23.7 Å². The topological polar surface area (TPSA) is 75.7 Å². The van der Waals surface area contributed by atoms with E-state index in [1.54, 1.807) is 24.3 Å². The van der Waals surface area contributed by atoms with Crippen molar-refractivity contribution in [2.45, 2.75) is 19.4 Å². The fourth-order valence-electron chi connectivity index (χ4n) is 2.91. The Morgan fingerprint density at radius 1 is 1.26 bits per heavy atom. The molecule has 1 atom stereocenters. The number of halogens is 1. The number of amides is 1. The van der Waals surface area contributed by atoms with E-state index in [9.17, 15) is 13.2 Å². The highest BCUT2D eigenvalue weighted by Gasteiger charge is 2.34. The molecule has 0 fully saturated rings. The molecule has 1 aliphatic rings. The van der Waals surface area contributed by atoms with Crippen molar-refractivity contribution in [3.8, 4) is 5.75 Å². The van der Waals surface area contributed by atoms with Gasteiger partial charge in [0, 0.05) is 11.6 Å². The van der Waals surface area contributed by atoms with Gasteiger partial charge in [0.15, 0.2) is 6.10 Å². The van der Waals surface area contributed by atoms with Crippen LogP contribution in [0, 0.1) is 6.92 Å². The Balaban J connectivity index is 1.69. The number of nitrogens with zero attached hydrogens (tertiary/aromatic N) is 1. The van der Waals surface area contributed by atoms with E-state index in [2.05, 4.69) is 5.32 Å². The molecule has 2 aromatic rings. The molecule has 1 heterocycles. The van der Waals surface area contributed by atoms with Crippen LogP contribution < -0.4 is 14.4 Å². The van der Waals surface area contributed by atoms with E-state index in [0.29, 0.717) is 29.4 Å². The number of nitrogens with one attached hydrogen (secondary N) is 1. The van der Waals surface area contributed by atoms with Gasteiger partial charge in [0.25, 0.3) is 5.91 Å². The molecule has 3 rings (SSSR count). The highest BCUT2D eigenvalue weighted by Crippen LogP contribution is 2.35. The van der Waals surface area contributed by atoms with Crippen molar-refractivity contribution in [2.24, 2.45) is 0 Å². The molecule has 27 heavy (non-hydrogen) atoms. The van der Waals surface area contributed by atoms with Crippen molar-refractivity contribution in [1.29, 1.82) is 0 Å². The standard InChI is InChI=1S/C19H21ClN2O4S/c1-13-3-8-16-17(11-13)26-18(12-22(16)27(2,24)25)19(23)21-10-9-14-4-6-15(20)7-5-14/h3-8,11,18H,9-10,12H2,1-2H3,(H,21,23)/t18-/m1/s1. The summed E-state index contributed by atoms with van der Waals surface area (Å²) in [5, 5.41) is 3.47. The fourth-order valence-corrected chi connectivity index (χ4v) is 3.95. The van der Waals surface area contributed by atoms with Crippen molar-refractivity contribution >= 4 is 33.2 Å². The Morgan fingerprint density at radius 2 is 1.96 bits per heavy atom. The quantitative estimate of drug-likeness (QED) is 0.824. The summed E-state index contributed by atoms with van der Waals surface area (Å²) in [6.45, 7) is 2.24. The van der Waals surface area contributed by atoms with Crippen LogP contribution in [0.3, 0.4) is 0 Å². The Morgan fingerprint density at radius 3 is 2.63 bits per heavy atom. The molecule has 0 saturated heterocycles. The van der Waals surface area contributed by atoms with E-state index in [0.717, 1.165) is 17.4 Å². The van der Waals surface area contributed by atoms with Crippen LogP contribution in [0.1, 0.15) is 11.1 Å². The number of anilines is 1. The molecule has 0 aliphatic carbocycles. The first-order chi connectivity index (χ1) is 12.7. The van der Waals surface area contributed by atoms with Gasteiger partial charge < -0.3 is 10.1 Å². The Labute approximate surface area is 164 Å². The third-order valence-electron chi connectivity index (χ3n) is 4.30. The molecule has 0 radical (unpaired) electrons. The zero-order valence-electron chi connectivity index (χ0n) is 15.1. The third kappa shape index (κ3) is 4.73. The monoisotopic (exact) mass is 408 g/mol. The molecule has 0 unspecified atom stereocenters. The Kier molecular flexibility index (Phi) is 5.62. The van der Waals surface area contributed by atoms with Crippen molar-refractivity contribution in [3.05, 3.63) is 58.6 Å². The van der Waals surface area contributed by atoms with Gasteiger partial charge in [-0.1, -0.05) is 29.8 Å². The number of hydrogen-bond donors (Lipinski definition) is 1. The zero-order valence-corrected chi connectivity index (χ0v) is 16.7. The molecular formula is C19H21ClN2O4S. The van der Waals surface area contributed by atoms with Gasteiger partial charge in [0.1, 0.15) is 5.75 Å². The zero-order chi connectivity index (χ0) is 19.6. The van der Waals surface area contributed by atoms with Crippen LogP contribution in [0.15, 0.2) is 42.5 Å². The number of benzene rings is 2. The Hall–Kier alpha value is -2.25. The number of fused-ring (bicyclic) bond motifs is 1. The molecule has 8 heteroatoms. The molecule has 6 nitrogen and oxygen atoms in total. The van der Waals surface area contributed by atoms with E-state index in [-0.39, 0.29) is 12.5 Å². The molecule has 2 aromatic carbocycles. The van der Waals surface area contributed by atoms with E-state index in [1.165, 1.54) is 4.31 Å². The number of carbonyl (C=O) groups excluding carboxylic acids is 1. The average Bonchev–Trinajstić information content (AvgIpc) is 2.61. The van der Waals surface area contributed by atoms with E-state index in [1.807, 2.05) is 25.1 Å². The maximum absolute atomic E-state index is 12.5. The molecule has 0 saturated carbocycles. The average molecular weight is 409 g/mol. The van der Waals surface area contributed by atoms with Crippen LogP contribution in [0.5, 0.6) is 5.75 Å². The molecule has 1 N–H and O–H groups in total. The predicted molar refractivity (Wildman–Crippen MR) is 106 cm³/mol. The SMILES string of the molecule is Cc1ccc2c(c1)O[C@@H](C(=O)NCCc1ccc(Cl)cc1)CN2S(C)(=O)=O. The summed E-state index contributed by atoms with van der Waals surface area (Å²) in [7, 11) is -3.53. The lowest BCUT2D eigenvalue weighted by Gasteiger charge is -2.34. The van der Waals surface area contributed by atoms with E-state index < -0.39 is 16.1 Å². The smallest absolute Gasteiger partial charge is 0.263 e. The summed E-state index contributed by atoms with van der Waals surface area (Å²) in [5.74, 6) is 0.0503. The van der Waals surface area contributed by atoms with Crippen LogP contribution in [0.2, 0.25) is 5.02 Å². The highest BCUT2D eigenvalue weighted by atomic mass is 35.5. The first-order valence-corrected chi connectivity index (χ1v) is 10.7. The van der Waals surface area contributed by atoms with Crippen molar-refractivity contribution < 1.29 is 17.9 Å². The minimum atomic E-state index is -3.53. The third-order valence-corrected chi connectivity index (χ3v) is 5.70. The van der Waals surface area contributed by atoms with Gasteiger partial charge in [-0.2, -0.15) is 0 Å². The molecule has 1 amide bonds. The molecule has 1 aliphatic heterocycles.